The summed E-state index contributed by atoms with van der Waals surface area (Å²) >= 11 is 3.33. The Labute approximate surface area is 110 Å². The molecular formula is C13H18BrFN2. The number of hydrogen-bond donors (Lipinski definition) is 1. The van der Waals surface area contributed by atoms with Crippen molar-refractivity contribution >= 4 is 15.9 Å². The fourth-order valence-corrected chi connectivity index (χ4v) is 2.81. The second kappa shape index (κ2) is 5.94. The van der Waals surface area contributed by atoms with Crippen LogP contribution in [0.4, 0.5) is 4.39 Å². The topological polar surface area (TPSA) is 15.3 Å². The molecule has 4 heteroatoms. The average molecular weight is 301 g/mol. The van der Waals surface area contributed by atoms with E-state index in [4.69, 9.17) is 0 Å². The van der Waals surface area contributed by atoms with Gasteiger partial charge in [-0.2, -0.15) is 0 Å². The highest BCUT2D eigenvalue weighted by Gasteiger charge is 2.14. The van der Waals surface area contributed by atoms with Crippen molar-refractivity contribution in [3.05, 3.63) is 34.1 Å². The van der Waals surface area contributed by atoms with E-state index in [9.17, 15) is 4.39 Å². The summed E-state index contributed by atoms with van der Waals surface area (Å²) in [4.78, 5) is 2.38. The fourth-order valence-electron chi connectivity index (χ4n) is 2.30. The van der Waals surface area contributed by atoms with Crippen LogP contribution in [0.2, 0.25) is 0 Å². The van der Waals surface area contributed by atoms with Crippen LogP contribution in [0.3, 0.4) is 0 Å². The Bertz CT molecular complexity index is 363. The molecule has 1 heterocycles. The minimum atomic E-state index is -0.171. The maximum Gasteiger partial charge on any atom is 0.124 e. The van der Waals surface area contributed by atoms with Crippen LogP contribution in [0.25, 0.3) is 0 Å². The number of benzene rings is 1. The quantitative estimate of drug-likeness (QED) is 0.903. The average Bonchev–Trinajstić information content (AvgIpc) is 2.41. The van der Waals surface area contributed by atoms with Gasteiger partial charge in [-0.1, -0.05) is 15.9 Å². The van der Waals surface area contributed by atoms with Crippen molar-refractivity contribution < 1.29 is 4.39 Å². The molecule has 17 heavy (non-hydrogen) atoms. The summed E-state index contributed by atoms with van der Waals surface area (Å²) in [6.45, 7) is 6.19. The van der Waals surface area contributed by atoms with E-state index in [1.807, 2.05) is 6.07 Å². The lowest BCUT2D eigenvalue weighted by atomic mass is 10.2. The first kappa shape index (κ1) is 13.0. The van der Waals surface area contributed by atoms with Gasteiger partial charge in [-0.15, -0.1) is 0 Å². The van der Waals surface area contributed by atoms with E-state index < -0.39 is 0 Å². The van der Waals surface area contributed by atoms with Crippen molar-refractivity contribution in [3.63, 3.8) is 0 Å². The third-order valence-electron chi connectivity index (χ3n) is 3.00. The van der Waals surface area contributed by atoms with Gasteiger partial charge in [-0.25, -0.2) is 4.39 Å². The minimum absolute atomic E-state index is 0.171. The lowest BCUT2D eigenvalue weighted by molar-refractivity contribution is 0.264. The largest absolute Gasteiger partial charge is 0.313 e. The van der Waals surface area contributed by atoms with Crippen LogP contribution < -0.4 is 5.32 Å². The Kier molecular flexibility index (Phi) is 4.54. The monoisotopic (exact) mass is 300 g/mol. The molecular weight excluding hydrogens is 283 g/mol. The van der Waals surface area contributed by atoms with Crippen molar-refractivity contribution in [1.29, 1.82) is 0 Å². The Morgan fingerprint density at radius 2 is 2.29 bits per heavy atom. The van der Waals surface area contributed by atoms with Gasteiger partial charge in [0.2, 0.25) is 0 Å². The predicted octanol–water partition coefficient (Wildman–Crippen LogP) is 2.77. The van der Waals surface area contributed by atoms with Crippen LogP contribution in [0.1, 0.15) is 18.9 Å². The summed E-state index contributed by atoms with van der Waals surface area (Å²) in [5.74, 6) is -0.171. The first-order valence-corrected chi connectivity index (χ1v) is 6.83. The third-order valence-corrected chi connectivity index (χ3v) is 3.46. The van der Waals surface area contributed by atoms with E-state index in [0.717, 1.165) is 42.6 Å². The van der Waals surface area contributed by atoms with Gasteiger partial charge in [0.1, 0.15) is 5.82 Å². The summed E-state index contributed by atoms with van der Waals surface area (Å²) in [5.41, 5.74) is 1.03. The number of nitrogens with one attached hydrogen (secondary N) is 1. The van der Waals surface area contributed by atoms with Gasteiger partial charge in [0.25, 0.3) is 0 Å². The third kappa shape index (κ3) is 4.05. The smallest absolute Gasteiger partial charge is 0.124 e. The highest BCUT2D eigenvalue weighted by Crippen LogP contribution is 2.17. The number of halogens is 2. The van der Waals surface area contributed by atoms with Crippen LogP contribution in [0.5, 0.6) is 0 Å². The molecule has 0 amide bonds. The molecule has 1 N–H and O–H groups in total. The lowest BCUT2D eigenvalue weighted by Gasteiger charge is -2.22. The van der Waals surface area contributed by atoms with Gasteiger partial charge in [0.05, 0.1) is 0 Å². The van der Waals surface area contributed by atoms with Crippen molar-refractivity contribution in [1.82, 2.24) is 10.2 Å². The van der Waals surface area contributed by atoms with E-state index in [-0.39, 0.29) is 5.82 Å². The molecule has 1 fully saturated rings. The maximum atomic E-state index is 13.3. The molecule has 1 unspecified atom stereocenters. The van der Waals surface area contributed by atoms with Gasteiger partial charge in [0, 0.05) is 23.6 Å². The summed E-state index contributed by atoms with van der Waals surface area (Å²) < 4.78 is 14.1. The van der Waals surface area contributed by atoms with Gasteiger partial charge >= 0.3 is 0 Å². The molecule has 94 valence electrons. The second-order valence-corrected chi connectivity index (χ2v) is 5.64. The molecule has 1 atom stereocenters. The molecule has 1 aliphatic rings. The van der Waals surface area contributed by atoms with Crippen molar-refractivity contribution in [3.8, 4) is 0 Å². The van der Waals surface area contributed by atoms with Gasteiger partial charge in [-0.3, -0.25) is 4.90 Å². The maximum absolute atomic E-state index is 13.3. The van der Waals surface area contributed by atoms with E-state index in [1.165, 1.54) is 6.07 Å². The van der Waals surface area contributed by atoms with Crippen LogP contribution in [0.15, 0.2) is 22.7 Å². The Morgan fingerprint density at radius 1 is 1.47 bits per heavy atom. The van der Waals surface area contributed by atoms with Crippen molar-refractivity contribution in [2.24, 2.45) is 0 Å². The highest BCUT2D eigenvalue weighted by molar-refractivity contribution is 9.10. The molecule has 0 aliphatic carbocycles. The van der Waals surface area contributed by atoms with E-state index in [1.54, 1.807) is 6.07 Å². The summed E-state index contributed by atoms with van der Waals surface area (Å²) in [7, 11) is 0. The molecule has 0 spiro atoms. The van der Waals surface area contributed by atoms with Crippen molar-refractivity contribution in [2.75, 3.05) is 19.6 Å². The number of nitrogens with zero attached hydrogens (tertiary/aromatic N) is 1. The second-order valence-electron chi connectivity index (χ2n) is 4.72. The predicted molar refractivity (Wildman–Crippen MR) is 71.5 cm³/mol. The normalized spacial score (nSPS) is 22.4. The summed E-state index contributed by atoms with van der Waals surface area (Å²) in [6, 6.07) is 5.62. The molecule has 2 nitrogen and oxygen atoms in total. The van der Waals surface area contributed by atoms with E-state index in [0.29, 0.717) is 6.04 Å². The Balaban J connectivity index is 2.03. The number of rotatable bonds is 2. The molecule has 1 aliphatic heterocycles. The van der Waals surface area contributed by atoms with Gasteiger partial charge in [-0.05, 0) is 50.2 Å². The standard InChI is InChI=1S/C13H18BrFN2/c1-10-8-17(4-2-3-16-10)9-11-5-12(14)7-13(15)6-11/h5-7,10,16H,2-4,8-9H2,1H3. The van der Waals surface area contributed by atoms with Crippen LogP contribution in [0, 0.1) is 5.82 Å². The van der Waals surface area contributed by atoms with Crippen molar-refractivity contribution in [2.45, 2.75) is 25.9 Å². The molecule has 0 bridgehead atoms. The lowest BCUT2D eigenvalue weighted by Crippen LogP contribution is -2.34. The van der Waals surface area contributed by atoms with Gasteiger partial charge in [0.15, 0.2) is 0 Å². The van der Waals surface area contributed by atoms with Gasteiger partial charge < -0.3 is 5.32 Å². The van der Waals surface area contributed by atoms with Crippen LogP contribution in [-0.2, 0) is 6.54 Å². The first-order chi connectivity index (χ1) is 8.13. The molecule has 0 saturated carbocycles. The zero-order valence-corrected chi connectivity index (χ0v) is 11.6. The molecule has 1 aromatic carbocycles. The fraction of sp³-hybridized carbons (Fsp3) is 0.538. The number of hydrogen-bond acceptors (Lipinski definition) is 2. The molecule has 1 aromatic rings. The highest BCUT2D eigenvalue weighted by atomic mass is 79.9. The SMILES string of the molecule is CC1CN(Cc2cc(F)cc(Br)c2)CCCN1. The molecule has 2 rings (SSSR count). The van der Waals surface area contributed by atoms with Crippen LogP contribution >= 0.6 is 15.9 Å². The minimum Gasteiger partial charge on any atom is -0.313 e. The Morgan fingerprint density at radius 3 is 3.06 bits per heavy atom. The molecule has 0 aromatic heterocycles. The summed E-state index contributed by atoms with van der Waals surface area (Å²) in [6.07, 6.45) is 1.15. The first-order valence-electron chi connectivity index (χ1n) is 6.04. The zero-order valence-electron chi connectivity index (χ0n) is 10.0. The Hall–Kier alpha value is -0.450. The molecule has 1 saturated heterocycles. The zero-order chi connectivity index (χ0) is 12.3. The van der Waals surface area contributed by atoms with Crippen LogP contribution in [-0.4, -0.2) is 30.6 Å². The summed E-state index contributed by atoms with van der Waals surface area (Å²) in [5, 5.41) is 3.46. The van der Waals surface area contributed by atoms with E-state index >= 15 is 0 Å². The molecule has 0 radical (unpaired) electrons. The van der Waals surface area contributed by atoms with E-state index in [2.05, 4.69) is 33.1 Å².